The van der Waals surface area contributed by atoms with Gasteiger partial charge in [0.2, 0.25) is 0 Å². The largest absolute Gasteiger partial charge is 0.508 e. The molecule has 4 aromatic heterocycles. The van der Waals surface area contributed by atoms with Crippen LogP contribution in [0.4, 0.5) is 16.4 Å². The standard InChI is InChI=1S/C26H30N6O3.C26H32N6O2.C2H4O/c1-26(2,3)35-25(34)31-10-8-16(9-11-31)14-32-24-21(23(27)28-15-29-24)22(30-32)19-5-4-18-13-20(33)7-6-17(18)12-19;1-26(2,33)15-34-21-7-6-18-12-20(5-4-19(18)13-21)23-22-24(27)28-16-29-25(22)32(30-23)14-17-8-10-31(3)11-9-17;1-2-3-1/h4-7,12-13,15-16,33H,8-11,14H2,1-3H3,(H2,27,28,29);4-7,12-13,16-17,33H,8-11,14-15H2,1-3H3,(H2,27,28,29);1-2H2. The van der Waals surface area contributed by atoms with E-state index in [1.165, 1.54) is 12.7 Å². The number of epoxide rings is 1. The van der Waals surface area contributed by atoms with Gasteiger partial charge in [0, 0.05) is 37.3 Å². The van der Waals surface area contributed by atoms with Crippen molar-refractivity contribution in [3.05, 3.63) is 85.5 Å². The fourth-order valence-electron chi connectivity index (χ4n) is 9.18. The maximum absolute atomic E-state index is 12.4. The molecular formula is C54H66N12O6. The summed E-state index contributed by atoms with van der Waals surface area (Å²) >= 11 is 0. The lowest BCUT2D eigenvalue weighted by Crippen LogP contribution is -2.42. The van der Waals surface area contributed by atoms with Gasteiger partial charge >= 0.3 is 6.09 Å². The number of fused-ring (bicyclic) bond motifs is 4. The van der Waals surface area contributed by atoms with E-state index in [1.54, 1.807) is 30.9 Å². The smallest absolute Gasteiger partial charge is 0.410 e. The Morgan fingerprint density at radius 1 is 0.681 bits per heavy atom. The fraction of sp³-hybridized carbons (Fsp3) is 0.426. The quantitative estimate of drug-likeness (QED) is 0.0996. The predicted molar refractivity (Wildman–Crippen MR) is 280 cm³/mol. The fourth-order valence-corrected chi connectivity index (χ4v) is 9.18. The second-order valence-corrected chi connectivity index (χ2v) is 20.8. The highest BCUT2D eigenvalue weighted by atomic mass is 16.6. The van der Waals surface area contributed by atoms with Gasteiger partial charge in [-0.1, -0.05) is 36.4 Å². The van der Waals surface area contributed by atoms with Crippen molar-refractivity contribution in [2.24, 2.45) is 11.8 Å². The first-order valence-corrected chi connectivity index (χ1v) is 24.8. The number of aromatic nitrogens is 8. The summed E-state index contributed by atoms with van der Waals surface area (Å²) in [6, 6.07) is 23.4. The van der Waals surface area contributed by atoms with Gasteiger partial charge in [0.05, 0.1) is 29.6 Å². The van der Waals surface area contributed by atoms with Crippen LogP contribution in [0.1, 0.15) is 60.3 Å². The average molecular weight is 979 g/mol. The number of aliphatic hydroxyl groups is 1. The van der Waals surface area contributed by atoms with E-state index >= 15 is 0 Å². The van der Waals surface area contributed by atoms with E-state index in [2.05, 4.69) is 54.8 Å². The minimum atomic E-state index is -0.881. The number of hydrogen-bond donors (Lipinski definition) is 4. The molecule has 0 unspecified atom stereocenters. The van der Waals surface area contributed by atoms with Gasteiger partial charge in [-0.15, -0.1) is 0 Å². The number of aromatic hydroxyl groups is 1. The van der Waals surface area contributed by atoms with Gasteiger partial charge in [0.25, 0.3) is 0 Å². The molecular weight excluding hydrogens is 913 g/mol. The highest BCUT2D eigenvalue weighted by Gasteiger charge is 2.29. The Morgan fingerprint density at radius 2 is 1.15 bits per heavy atom. The summed E-state index contributed by atoms with van der Waals surface area (Å²) in [6.07, 6.45) is 6.75. The average Bonchev–Trinajstić information content (AvgIpc) is 4.13. The molecule has 3 aliphatic rings. The number of likely N-dealkylation sites (tertiary alicyclic amines) is 2. The minimum absolute atomic E-state index is 0.232. The van der Waals surface area contributed by atoms with Crippen molar-refractivity contribution < 1.29 is 29.2 Å². The first kappa shape index (κ1) is 49.8. The number of rotatable bonds is 9. The lowest BCUT2D eigenvalue weighted by Gasteiger charge is -2.33. The second kappa shape index (κ2) is 20.9. The Balaban J connectivity index is 0.000000168. The number of ether oxygens (including phenoxy) is 3. The Bertz CT molecular complexity index is 3190. The van der Waals surface area contributed by atoms with Crippen LogP contribution in [0, 0.1) is 11.8 Å². The number of phenolic OH excluding ortho intramolecular Hbond substituents is 1. The normalized spacial score (nSPS) is 15.8. The Labute approximate surface area is 418 Å². The third-order valence-corrected chi connectivity index (χ3v) is 13.1. The molecule has 11 rings (SSSR count). The van der Waals surface area contributed by atoms with E-state index in [0.717, 1.165) is 125 Å². The molecule has 3 aliphatic heterocycles. The molecule has 3 fully saturated rings. The molecule has 18 heteroatoms. The van der Waals surface area contributed by atoms with Gasteiger partial charge < -0.3 is 45.7 Å². The highest BCUT2D eigenvalue weighted by Crippen LogP contribution is 2.36. The number of piperidine rings is 2. The third kappa shape index (κ3) is 12.1. The summed E-state index contributed by atoms with van der Waals surface area (Å²) < 4.78 is 19.7. The van der Waals surface area contributed by atoms with E-state index in [-0.39, 0.29) is 18.4 Å². The lowest BCUT2D eigenvalue weighted by atomic mass is 9.97. The van der Waals surface area contributed by atoms with Crippen molar-refractivity contribution in [3.63, 3.8) is 0 Å². The van der Waals surface area contributed by atoms with Crippen LogP contribution in [0.2, 0.25) is 0 Å². The molecule has 72 heavy (non-hydrogen) atoms. The van der Waals surface area contributed by atoms with Crippen LogP contribution in [-0.4, -0.2) is 130 Å². The summed E-state index contributed by atoms with van der Waals surface area (Å²) in [6.45, 7) is 16.4. The van der Waals surface area contributed by atoms with Crippen LogP contribution in [0.3, 0.4) is 0 Å². The zero-order valence-corrected chi connectivity index (χ0v) is 42.1. The molecule has 3 saturated heterocycles. The van der Waals surface area contributed by atoms with Crippen LogP contribution in [0.25, 0.3) is 66.1 Å². The highest BCUT2D eigenvalue weighted by molar-refractivity contribution is 6.01. The van der Waals surface area contributed by atoms with Gasteiger partial charge in [-0.25, -0.2) is 34.1 Å². The molecule has 8 aromatic rings. The van der Waals surface area contributed by atoms with Gasteiger partial charge in [0.15, 0.2) is 11.3 Å². The number of anilines is 2. The van der Waals surface area contributed by atoms with Gasteiger partial charge in [-0.05, 0) is 150 Å². The number of carbonyl (C=O) groups excluding carboxylic acids is 1. The summed E-state index contributed by atoms with van der Waals surface area (Å²) in [5.74, 6) is 2.72. The molecule has 0 saturated carbocycles. The first-order valence-electron chi connectivity index (χ1n) is 24.8. The minimum Gasteiger partial charge on any atom is -0.508 e. The maximum Gasteiger partial charge on any atom is 0.410 e. The van der Waals surface area contributed by atoms with Crippen LogP contribution >= 0.6 is 0 Å². The summed E-state index contributed by atoms with van der Waals surface area (Å²) in [4.78, 5) is 34.1. The summed E-state index contributed by atoms with van der Waals surface area (Å²) in [5.41, 5.74) is 16.1. The van der Waals surface area contributed by atoms with E-state index in [9.17, 15) is 15.0 Å². The topological polar surface area (TPSA) is 234 Å². The molecule has 4 aromatic carbocycles. The van der Waals surface area contributed by atoms with Crippen LogP contribution in [0.15, 0.2) is 85.5 Å². The molecule has 6 N–H and O–H groups in total. The first-order chi connectivity index (χ1) is 34.4. The van der Waals surface area contributed by atoms with Gasteiger partial charge in [-0.2, -0.15) is 10.2 Å². The predicted octanol–water partition coefficient (Wildman–Crippen LogP) is 8.32. The zero-order chi connectivity index (χ0) is 50.7. The Morgan fingerprint density at radius 3 is 1.65 bits per heavy atom. The van der Waals surface area contributed by atoms with E-state index in [4.69, 9.17) is 31.1 Å². The number of nitrogen functional groups attached to an aromatic ring is 2. The van der Waals surface area contributed by atoms with Gasteiger partial charge in [0.1, 0.15) is 59.4 Å². The lowest BCUT2D eigenvalue weighted by molar-refractivity contribution is 0.0177. The third-order valence-electron chi connectivity index (χ3n) is 13.1. The van der Waals surface area contributed by atoms with Gasteiger partial charge in [-0.3, -0.25) is 0 Å². The number of benzene rings is 4. The molecule has 0 spiro atoms. The molecule has 7 heterocycles. The van der Waals surface area contributed by atoms with Crippen molar-refractivity contribution in [1.82, 2.24) is 49.3 Å². The number of amides is 1. The zero-order valence-electron chi connectivity index (χ0n) is 42.1. The molecule has 18 nitrogen and oxygen atoms in total. The van der Waals surface area contributed by atoms with Crippen molar-refractivity contribution in [3.8, 4) is 34.0 Å². The Hall–Kier alpha value is -7.15. The molecule has 0 bridgehead atoms. The van der Waals surface area contributed by atoms with Crippen molar-refractivity contribution in [2.45, 2.75) is 84.6 Å². The number of carbonyl (C=O) groups is 1. The molecule has 0 aliphatic carbocycles. The maximum atomic E-state index is 12.4. The number of phenols is 1. The van der Waals surface area contributed by atoms with Crippen LogP contribution in [-0.2, 0) is 22.6 Å². The molecule has 378 valence electrons. The van der Waals surface area contributed by atoms with Crippen LogP contribution in [0.5, 0.6) is 11.5 Å². The van der Waals surface area contributed by atoms with E-state index < -0.39 is 11.2 Å². The summed E-state index contributed by atoms with van der Waals surface area (Å²) in [7, 11) is 2.17. The SMILES string of the molecule is C1CO1.CC(C)(C)OC(=O)N1CCC(Cn2nc(-c3ccc4cc(O)ccc4c3)c3c(N)ncnc32)CC1.CN1CCC(Cn2nc(-c3ccc4cc(OCC(C)(C)O)ccc4c3)c3c(N)ncnc32)CC1. The Kier molecular flexibility index (Phi) is 14.5. The number of nitrogens with two attached hydrogens (primary N) is 2. The van der Waals surface area contributed by atoms with Crippen LogP contribution < -0.4 is 16.2 Å². The molecule has 0 radical (unpaired) electrons. The number of hydrogen-bond acceptors (Lipinski definition) is 15. The number of nitrogens with zero attached hydrogens (tertiary/aromatic N) is 10. The molecule has 0 atom stereocenters. The van der Waals surface area contributed by atoms with E-state index in [1.807, 2.05) is 72.6 Å². The second-order valence-electron chi connectivity index (χ2n) is 20.8. The van der Waals surface area contributed by atoms with Crippen molar-refractivity contribution >= 4 is 61.3 Å². The molecule has 1 amide bonds. The van der Waals surface area contributed by atoms with Crippen molar-refractivity contribution in [2.75, 3.05) is 64.5 Å². The summed E-state index contributed by atoms with van der Waals surface area (Å²) in [5, 5.41) is 35.2. The monoisotopic (exact) mass is 979 g/mol. The van der Waals surface area contributed by atoms with Crippen molar-refractivity contribution in [1.29, 1.82) is 0 Å². The van der Waals surface area contributed by atoms with E-state index in [0.29, 0.717) is 48.8 Å².